The van der Waals surface area contributed by atoms with Crippen LogP contribution in [0.25, 0.3) is 11.1 Å². The van der Waals surface area contributed by atoms with Gasteiger partial charge in [0.15, 0.2) is 5.58 Å². The number of hydrogen-bond donors (Lipinski definition) is 2. The van der Waals surface area contributed by atoms with E-state index < -0.39 is 5.76 Å². The minimum absolute atomic E-state index is 0.393. The summed E-state index contributed by atoms with van der Waals surface area (Å²) in [5.74, 6) is 1.54. The van der Waals surface area contributed by atoms with E-state index in [4.69, 9.17) is 9.15 Å². The number of benzene rings is 2. The second kappa shape index (κ2) is 7.55. The van der Waals surface area contributed by atoms with Crippen LogP contribution in [0.3, 0.4) is 0 Å². The monoisotopic (exact) mass is 405 g/mol. The van der Waals surface area contributed by atoms with Crippen LogP contribution >= 0.6 is 0 Å². The Kier molecular flexibility index (Phi) is 4.91. The topological polar surface area (TPSA) is 94.2 Å². The van der Waals surface area contributed by atoms with E-state index in [9.17, 15) is 4.79 Å². The van der Waals surface area contributed by atoms with Gasteiger partial charge in [-0.3, -0.25) is 4.57 Å². The van der Waals surface area contributed by atoms with Crippen molar-refractivity contribution < 1.29 is 9.15 Å². The van der Waals surface area contributed by atoms with Crippen LogP contribution in [0.4, 0.5) is 23.1 Å². The third-order valence-electron chi connectivity index (χ3n) is 5.12. The van der Waals surface area contributed by atoms with Crippen LogP contribution in [0, 0.1) is 20.8 Å². The molecule has 0 aliphatic rings. The zero-order valence-electron chi connectivity index (χ0n) is 17.5. The smallest absolute Gasteiger partial charge is 0.419 e. The van der Waals surface area contributed by atoms with Crippen molar-refractivity contribution in [2.24, 2.45) is 7.05 Å². The Morgan fingerprint density at radius 2 is 1.83 bits per heavy atom. The van der Waals surface area contributed by atoms with Gasteiger partial charge in [0.05, 0.1) is 12.6 Å². The molecule has 2 heterocycles. The van der Waals surface area contributed by atoms with Crippen LogP contribution in [0.2, 0.25) is 0 Å². The minimum atomic E-state index is -0.393. The molecule has 2 aromatic heterocycles. The molecule has 0 atom stereocenters. The number of anilines is 4. The van der Waals surface area contributed by atoms with Crippen molar-refractivity contribution in [3.8, 4) is 5.75 Å². The Labute approximate surface area is 173 Å². The predicted molar refractivity (Wildman–Crippen MR) is 117 cm³/mol. The lowest BCUT2D eigenvalue weighted by Gasteiger charge is -2.14. The number of methoxy groups -OCH3 is 1. The van der Waals surface area contributed by atoms with Gasteiger partial charge in [-0.2, -0.15) is 4.98 Å². The fourth-order valence-electron chi connectivity index (χ4n) is 3.21. The Morgan fingerprint density at radius 1 is 1.03 bits per heavy atom. The van der Waals surface area contributed by atoms with E-state index in [-0.39, 0.29) is 0 Å². The maximum atomic E-state index is 11.7. The Morgan fingerprint density at radius 3 is 2.60 bits per heavy atom. The first-order valence-corrected chi connectivity index (χ1v) is 9.48. The number of aromatic nitrogens is 3. The number of fused-ring (bicyclic) bond motifs is 1. The van der Waals surface area contributed by atoms with E-state index in [1.54, 1.807) is 26.4 Å². The second-order valence-corrected chi connectivity index (χ2v) is 7.21. The highest BCUT2D eigenvalue weighted by Gasteiger charge is 2.10. The second-order valence-electron chi connectivity index (χ2n) is 7.21. The third-order valence-corrected chi connectivity index (χ3v) is 5.12. The van der Waals surface area contributed by atoms with Crippen molar-refractivity contribution >= 4 is 34.2 Å². The molecule has 0 amide bonds. The maximum absolute atomic E-state index is 11.7. The molecule has 0 fully saturated rings. The van der Waals surface area contributed by atoms with Gasteiger partial charge in [0.25, 0.3) is 0 Å². The SMILES string of the molecule is COc1cc(Nc2ncc(C)c(Nc3ccc4oc(=O)n(C)c4c3)n2)cc(C)c1C. The largest absolute Gasteiger partial charge is 0.496 e. The van der Waals surface area contributed by atoms with Crippen LogP contribution in [0.1, 0.15) is 16.7 Å². The number of nitrogens with zero attached hydrogens (tertiary/aromatic N) is 3. The zero-order chi connectivity index (χ0) is 21.4. The molecule has 0 radical (unpaired) electrons. The average molecular weight is 405 g/mol. The van der Waals surface area contributed by atoms with Crippen molar-refractivity contribution in [1.82, 2.24) is 14.5 Å². The Hall–Kier alpha value is -3.81. The summed E-state index contributed by atoms with van der Waals surface area (Å²) in [5.41, 5.74) is 5.98. The molecule has 8 heteroatoms. The molecule has 4 rings (SSSR count). The van der Waals surface area contributed by atoms with E-state index >= 15 is 0 Å². The number of oxazole rings is 1. The summed E-state index contributed by atoms with van der Waals surface area (Å²) >= 11 is 0. The van der Waals surface area contributed by atoms with Gasteiger partial charge < -0.3 is 19.8 Å². The summed E-state index contributed by atoms with van der Waals surface area (Å²) in [4.78, 5) is 20.7. The molecule has 8 nitrogen and oxygen atoms in total. The van der Waals surface area contributed by atoms with Gasteiger partial charge >= 0.3 is 5.76 Å². The molecule has 0 unspecified atom stereocenters. The first-order valence-electron chi connectivity index (χ1n) is 9.48. The molecular weight excluding hydrogens is 382 g/mol. The van der Waals surface area contributed by atoms with Gasteiger partial charge in [-0.1, -0.05) is 0 Å². The highest BCUT2D eigenvalue weighted by atomic mass is 16.5. The van der Waals surface area contributed by atoms with Crippen LogP contribution in [-0.4, -0.2) is 21.6 Å². The van der Waals surface area contributed by atoms with Crippen LogP contribution in [-0.2, 0) is 7.05 Å². The number of rotatable bonds is 5. The Balaban J connectivity index is 1.63. The molecule has 0 aliphatic carbocycles. The molecule has 2 aromatic carbocycles. The lowest BCUT2D eigenvalue weighted by molar-refractivity contribution is 0.411. The first-order chi connectivity index (χ1) is 14.4. The van der Waals surface area contributed by atoms with Crippen LogP contribution in [0.5, 0.6) is 5.75 Å². The molecule has 0 saturated carbocycles. The summed E-state index contributed by atoms with van der Waals surface area (Å²) in [6, 6.07) is 9.40. The van der Waals surface area contributed by atoms with E-state index in [0.29, 0.717) is 22.9 Å². The standard InChI is InChI=1S/C22H23N5O3/c1-12-8-16(10-19(29-5)14(12)3)25-21-23-11-13(2)20(26-21)24-15-6-7-18-17(9-15)27(4)22(28)30-18/h6-11H,1-5H3,(H2,23,24,25,26). The van der Waals surface area contributed by atoms with Crippen molar-refractivity contribution in [3.05, 3.63) is 63.8 Å². The maximum Gasteiger partial charge on any atom is 0.419 e. The molecule has 0 saturated heterocycles. The van der Waals surface area contributed by atoms with Crippen molar-refractivity contribution in [2.45, 2.75) is 20.8 Å². The highest BCUT2D eigenvalue weighted by Crippen LogP contribution is 2.28. The third kappa shape index (κ3) is 3.59. The van der Waals surface area contributed by atoms with Crippen molar-refractivity contribution in [3.63, 3.8) is 0 Å². The zero-order valence-corrected chi connectivity index (χ0v) is 17.5. The van der Waals surface area contributed by atoms with E-state index in [0.717, 1.165) is 33.8 Å². The molecule has 0 bridgehead atoms. The fourth-order valence-corrected chi connectivity index (χ4v) is 3.21. The normalized spacial score (nSPS) is 11.0. The minimum Gasteiger partial charge on any atom is -0.496 e. The molecule has 2 N–H and O–H groups in total. The number of hydrogen-bond acceptors (Lipinski definition) is 7. The molecule has 4 aromatic rings. The fraction of sp³-hybridized carbons (Fsp3) is 0.227. The first kappa shape index (κ1) is 19.5. The van der Waals surface area contributed by atoms with E-state index in [1.807, 2.05) is 45.0 Å². The summed E-state index contributed by atoms with van der Waals surface area (Å²) in [6.45, 7) is 5.98. The summed E-state index contributed by atoms with van der Waals surface area (Å²) in [7, 11) is 3.33. The summed E-state index contributed by atoms with van der Waals surface area (Å²) < 4.78 is 12.1. The lowest BCUT2D eigenvalue weighted by Crippen LogP contribution is -2.08. The Bertz CT molecular complexity index is 1310. The molecule has 154 valence electrons. The number of aryl methyl sites for hydroxylation is 3. The molecule has 0 spiro atoms. The summed E-state index contributed by atoms with van der Waals surface area (Å²) in [6.07, 6.45) is 1.75. The molecular formula is C22H23N5O3. The van der Waals surface area contributed by atoms with Gasteiger partial charge in [0.1, 0.15) is 11.6 Å². The summed E-state index contributed by atoms with van der Waals surface area (Å²) in [5, 5.41) is 6.54. The van der Waals surface area contributed by atoms with Crippen molar-refractivity contribution in [1.29, 1.82) is 0 Å². The highest BCUT2D eigenvalue weighted by molar-refractivity contribution is 5.79. The van der Waals surface area contributed by atoms with Gasteiger partial charge in [-0.25, -0.2) is 9.78 Å². The van der Waals surface area contributed by atoms with E-state index in [2.05, 4.69) is 20.6 Å². The van der Waals surface area contributed by atoms with Crippen LogP contribution < -0.4 is 21.1 Å². The van der Waals surface area contributed by atoms with E-state index in [1.165, 1.54) is 4.57 Å². The predicted octanol–water partition coefficient (Wildman–Crippen LogP) is 4.34. The van der Waals surface area contributed by atoms with Gasteiger partial charge in [-0.05, 0) is 56.2 Å². The lowest BCUT2D eigenvalue weighted by atomic mass is 10.1. The number of nitrogens with one attached hydrogen (secondary N) is 2. The molecule has 30 heavy (non-hydrogen) atoms. The van der Waals surface area contributed by atoms with Crippen molar-refractivity contribution in [2.75, 3.05) is 17.7 Å². The quantitative estimate of drug-likeness (QED) is 0.510. The van der Waals surface area contributed by atoms with Crippen LogP contribution in [0.15, 0.2) is 45.7 Å². The molecule has 0 aliphatic heterocycles. The van der Waals surface area contributed by atoms with Gasteiger partial charge in [0.2, 0.25) is 5.95 Å². The van der Waals surface area contributed by atoms with Gasteiger partial charge in [0, 0.05) is 36.2 Å². The van der Waals surface area contributed by atoms with Gasteiger partial charge in [-0.15, -0.1) is 0 Å². The average Bonchev–Trinajstić information content (AvgIpc) is 3.01. The number of ether oxygens (including phenoxy) is 1.